The Morgan fingerprint density at radius 2 is 2.00 bits per heavy atom. The Hall–Kier alpha value is -0.730. The van der Waals surface area contributed by atoms with Crippen LogP contribution in [-0.2, 0) is 0 Å². The monoisotopic (exact) mass is 252 g/mol. The van der Waals surface area contributed by atoms with E-state index in [1.165, 1.54) is 25.8 Å². The molecule has 1 aromatic rings. The summed E-state index contributed by atoms with van der Waals surface area (Å²) in [4.78, 5) is 2.42. The van der Waals surface area contributed by atoms with Crippen LogP contribution in [0.1, 0.15) is 19.3 Å². The molecule has 1 aromatic carbocycles. The fraction of sp³-hybridized carbons (Fsp3) is 0.571. The van der Waals surface area contributed by atoms with Gasteiger partial charge in [-0.25, -0.2) is 0 Å². The molecule has 0 spiro atoms. The average molecular weight is 253 g/mol. The second-order valence-electron chi connectivity index (χ2n) is 4.99. The minimum Gasteiger partial charge on any atom is -0.384 e. The van der Waals surface area contributed by atoms with E-state index in [-0.39, 0.29) is 0 Å². The van der Waals surface area contributed by atoms with Gasteiger partial charge in [-0.05, 0) is 50.1 Å². The van der Waals surface area contributed by atoms with Gasteiger partial charge in [-0.15, -0.1) is 0 Å². The lowest BCUT2D eigenvalue weighted by Crippen LogP contribution is -2.32. The molecule has 2 nitrogen and oxygen atoms in total. The molecule has 3 heteroatoms. The van der Waals surface area contributed by atoms with E-state index in [1.807, 2.05) is 24.3 Å². The molecule has 1 aliphatic rings. The number of halogens is 1. The number of likely N-dealkylation sites (N-methyl/N-ethyl adjacent to an activating group) is 1. The summed E-state index contributed by atoms with van der Waals surface area (Å²) in [7, 11) is 2.21. The van der Waals surface area contributed by atoms with Crippen LogP contribution in [0.15, 0.2) is 24.3 Å². The van der Waals surface area contributed by atoms with Crippen molar-refractivity contribution in [3.63, 3.8) is 0 Å². The zero-order chi connectivity index (χ0) is 12.1. The lowest BCUT2D eigenvalue weighted by molar-refractivity contribution is 0.210. The third-order valence-electron chi connectivity index (χ3n) is 3.46. The van der Waals surface area contributed by atoms with Crippen LogP contribution in [0.2, 0.25) is 5.02 Å². The van der Waals surface area contributed by atoms with Crippen LogP contribution in [0.3, 0.4) is 0 Å². The number of hydrogen-bond donors (Lipinski definition) is 1. The van der Waals surface area contributed by atoms with Crippen LogP contribution in [0.4, 0.5) is 5.69 Å². The average Bonchev–Trinajstić information content (AvgIpc) is 2.26. The van der Waals surface area contributed by atoms with Crippen molar-refractivity contribution in [2.75, 3.05) is 32.0 Å². The van der Waals surface area contributed by atoms with Gasteiger partial charge in [-0.2, -0.15) is 0 Å². The maximum atomic E-state index is 5.84. The number of anilines is 1. The van der Waals surface area contributed by atoms with Crippen molar-refractivity contribution >= 4 is 17.3 Å². The van der Waals surface area contributed by atoms with Gasteiger partial charge < -0.3 is 10.2 Å². The quantitative estimate of drug-likeness (QED) is 0.834. The molecule has 1 N–H and O–H groups in total. The summed E-state index contributed by atoms with van der Waals surface area (Å²) in [6, 6.07) is 7.88. The van der Waals surface area contributed by atoms with E-state index in [1.54, 1.807) is 0 Å². The second-order valence-corrected chi connectivity index (χ2v) is 5.43. The summed E-state index contributed by atoms with van der Waals surface area (Å²) in [5.74, 6) is 0.954. The van der Waals surface area contributed by atoms with E-state index < -0.39 is 0 Å². The first-order valence-electron chi connectivity index (χ1n) is 6.42. The van der Waals surface area contributed by atoms with E-state index >= 15 is 0 Å². The first kappa shape index (κ1) is 12.7. The summed E-state index contributed by atoms with van der Waals surface area (Å²) in [6.45, 7) is 3.34. The summed E-state index contributed by atoms with van der Waals surface area (Å²) in [5.41, 5.74) is 1.14. The first-order valence-corrected chi connectivity index (χ1v) is 6.80. The maximum Gasteiger partial charge on any atom is 0.0407 e. The minimum atomic E-state index is 0.789. The van der Waals surface area contributed by atoms with Crippen molar-refractivity contribution in [3.05, 3.63) is 29.3 Å². The highest BCUT2D eigenvalue weighted by atomic mass is 35.5. The van der Waals surface area contributed by atoms with Crippen molar-refractivity contribution in [1.82, 2.24) is 4.90 Å². The Bertz CT molecular complexity index is 333. The van der Waals surface area contributed by atoms with Crippen molar-refractivity contribution in [2.24, 2.45) is 5.92 Å². The van der Waals surface area contributed by atoms with Gasteiger partial charge >= 0.3 is 0 Å². The number of benzene rings is 1. The van der Waals surface area contributed by atoms with E-state index in [9.17, 15) is 0 Å². The largest absolute Gasteiger partial charge is 0.384 e. The Morgan fingerprint density at radius 1 is 1.29 bits per heavy atom. The van der Waals surface area contributed by atoms with Gasteiger partial charge in [0.25, 0.3) is 0 Å². The predicted octanol–water partition coefficient (Wildman–Crippen LogP) is 3.48. The summed E-state index contributed by atoms with van der Waals surface area (Å²) in [5, 5.41) is 4.20. The number of rotatable bonds is 6. The van der Waals surface area contributed by atoms with Gasteiger partial charge in [-0.1, -0.05) is 18.0 Å². The molecule has 0 radical (unpaired) electrons. The Balaban J connectivity index is 1.62. The number of hydrogen-bond acceptors (Lipinski definition) is 2. The maximum absolute atomic E-state index is 5.84. The van der Waals surface area contributed by atoms with Crippen molar-refractivity contribution in [3.8, 4) is 0 Å². The van der Waals surface area contributed by atoms with E-state index in [0.717, 1.165) is 29.7 Å². The van der Waals surface area contributed by atoms with Gasteiger partial charge in [0.2, 0.25) is 0 Å². The van der Waals surface area contributed by atoms with Gasteiger partial charge in [0.1, 0.15) is 0 Å². The normalized spacial score (nSPS) is 15.9. The number of nitrogens with zero attached hydrogens (tertiary/aromatic N) is 1. The second kappa shape index (κ2) is 6.27. The third kappa shape index (κ3) is 4.21. The number of nitrogens with one attached hydrogen (secondary N) is 1. The van der Waals surface area contributed by atoms with Gasteiger partial charge in [0.15, 0.2) is 0 Å². The molecule has 1 fully saturated rings. The standard InChI is InChI=1S/C14H21ClN2/c1-17(11-12-3-2-4-12)10-9-16-14-7-5-13(15)6-8-14/h5-8,12,16H,2-4,9-11H2,1H3. The van der Waals surface area contributed by atoms with Crippen molar-refractivity contribution in [1.29, 1.82) is 0 Å². The zero-order valence-corrected chi connectivity index (χ0v) is 11.2. The topological polar surface area (TPSA) is 15.3 Å². The molecule has 1 saturated carbocycles. The molecule has 1 aliphatic carbocycles. The highest BCUT2D eigenvalue weighted by Gasteiger charge is 2.18. The van der Waals surface area contributed by atoms with Gasteiger partial charge in [0.05, 0.1) is 0 Å². The fourth-order valence-corrected chi connectivity index (χ4v) is 2.29. The molecule has 0 aromatic heterocycles. The van der Waals surface area contributed by atoms with Crippen molar-refractivity contribution in [2.45, 2.75) is 19.3 Å². The van der Waals surface area contributed by atoms with Crippen LogP contribution in [0.25, 0.3) is 0 Å². The summed E-state index contributed by atoms with van der Waals surface area (Å²) < 4.78 is 0. The lowest BCUT2D eigenvalue weighted by atomic mass is 9.85. The van der Waals surface area contributed by atoms with Crippen molar-refractivity contribution < 1.29 is 0 Å². The SMILES string of the molecule is CN(CCNc1ccc(Cl)cc1)CC1CCC1. The van der Waals surface area contributed by atoms with Crippen LogP contribution in [0, 0.1) is 5.92 Å². The molecule has 0 bridgehead atoms. The lowest BCUT2D eigenvalue weighted by Gasteiger charge is -2.30. The summed E-state index contributed by atoms with van der Waals surface area (Å²) in [6.07, 6.45) is 4.28. The Kier molecular flexibility index (Phi) is 4.69. The molecule has 0 saturated heterocycles. The Labute approximate surface area is 109 Å². The summed E-state index contributed by atoms with van der Waals surface area (Å²) >= 11 is 5.84. The van der Waals surface area contributed by atoms with Gasteiger partial charge in [-0.3, -0.25) is 0 Å². The molecule has 0 unspecified atom stereocenters. The Morgan fingerprint density at radius 3 is 2.59 bits per heavy atom. The molecule has 0 heterocycles. The van der Waals surface area contributed by atoms with Crippen LogP contribution >= 0.6 is 11.6 Å². The van der Waals surface area contributed by atoms with E-state index in [0.29, 0.717) is 0 Å². The molecular weight excluding hydrogens is 232 g/mol. The highest BCUT2D eigenvalue weighted by molar-refractivity contribution is 6.30. The van der Waals surface area contributed by atoms with Crippen LogP contribution in [0.5, 0.6) is 0 Å². The molecular formula is C14H21ClN2. The van der Waals surface area contributed by atoms with E-state index in [4.69, 9.17) is 11.6 Å². The fourth-order valence-electron chi connectivity index (χ4n) is 2.17. The third-order valence-corrected chi connectivity index (χ3v) is 3.71. The molecule has 0 aliphatic heterocycles. The van der Waals surface area contributed by atoms with Gasteiger partial charge in [0, 0.05) is 30.3 Å². The molecule has 0 amide bonds. The van der Waals surface area contributed by atoms with E-state index in [2.05, 4.69) is 17.3 Å². The predicted molar refractivity (Wildman–Crippen MR) is 74.8 cm³/mol. The molecule has 2 rings (SSSR count). The molecule has 94 valence electrons. The zero-order valence-electron chi connectivity index (χ0n) is 10.5. The first-order chi connectivity index (χ1) is 8.24. The minimum absolute atomic E-state index is 0.789. The van der Waals surface area contributed by atoms with Crippen LogP contribution < -0.4 is 5.32 Å². The molecule has 17 heavy (non-hydrogen) atoms. The smallest absolute Gasteiger partial charge is 0.0407 e. The molecule has 0 atom stereocenters. The highest BCUT2D eigenvalue weighted by Crippen LogP contribution is 2.26. The van der Waals surface area contributed by atoms with Crippen LogP contribution in [-0.4, -0.2) is 31.6 Å².